The number of allylic oxidation sites excluding steroid dienone is 1. The molecule has 4 rings (SSSR count). The van der Waals surface area contributed by atoms with Gasteiger partial charge in [-0.2, -0.15) is 0 Å². The van der Waals surface area contributed by atoms with Crippen LogP contribution in [-0.2, 0) is 13.1 Å². The van der Waals surface area contributed by atoms with Crippen LogP contribution in [0.3, 0.4) is 0 Å². The van der Waals surface area contributed by atoms with E-state index in [-0.39, 0.29) is 5.78 Å². The largest absolute Gasteiger partial charge is 0.363 e. The molecule has 140 valence electrons. The molecule has 3 aromatic carbocycles. The Morgan fingerprint density at radius 2 is 1.46 bits per heavy atom. The molecule has 0 N–H and O–H groups in total. The van der Waals surface area contributed by atoms with Crippen LogP contribution in [0.4, 0.5) is 5.69 Å². The third-order valence-electron chi connectivity index (χ3n) is 5.35. The topological polar surface area (TPSA) is 20.3 Å². The van der Waals surface area contributed by atoms with Crippen molar-refractivity contribution in [2.45, 2.75) is 26.9 Å². The summed E-state index contributed by atoms with van der Waals surface area (Å²) in [7, 11) is 0. The number of aryl methyl sites for hydroxylation is 2. The van der Waals surface area contributed by atoms with Gasteiger partial charge >= 0.3 is 0 Å². The highest BCUT2D eigenvalue weighted by Gasteiger charge is 2.20. The Hall–Kier alpha value is -2.65. The van der Waals surface area contributed by atoms with Crippen molar-refractivity contribution < 1.29 is 4.79 Å². The predicted octanol–water partition coefficient (Wildman–Crippen LogP) is 6.48. The Morgan fingerprint density at radius 1 is 0.893 bits per heavy atom. The average molecular weight is 432 g/mol. The highest BCUT2D eigenvalue weighted by molar-refractivity contribution is 9.10. The number of halogens is 1. The van der Waals surface area contributed by atoms with Crippen molar-refractivity contribution in [3.05, 3.63) is 105 Å². The van der Waals surface area contributed by atoms with Crippen LogP contribution >= 0.6 is 15.9 Å². The van der Waals surface area contributed by atoms with E-state index < -0.39 is 0 Å². The Balaban J connectivity index is 1.45. The number of carbonyl (C=O) groups is 1. The first-order chi connectivity index (χ1) is 13.5. The fourth-order valence-electron chi connectivity index (χ4n) is 3.56. The zero-order chi connectivity index (χ0) is 19.7. The van der Waals surface area contributed by atoms with Crippen molar-refractivity contribution in [1.29, 1.82) is 0 Å². The zero-order valence-corrected chi connectivity index (χ0v) is 17.7. The molecule has 0 radical (unpaired) electrons. The van der Waals surface area contributed by atoms with Crippen molar-refractivity contribution in [2.24, 2.45) is 0 Å². The summed E-state index contributed by atoms with van der Waals surface area (Å²) in [6, 6.07) is 20.4. The van der Waals surface area contributed by atoms with Gasteiger partial charge in [-0.05, 0) is 84.1 Å². The predicted molar refractivity (Wildman–Crippen MR) is 120 cm³/mol. The van der Waals surface area contributed by atoms with Crippen LogP contribution in [0, 0.1) is 13.8 Å². The summed E-state index contributed by atoms with van der Waals surface area (Å²) in [6.45, 7) is 6.18. The quantitative estimate of drug-likeness (QED) is 0.347. The first kappa shape index (κ1) is 18.7. The molecule has 0 aliphatic carbocycles. The Bertz CT molecular complexity index is 1020. The molecule has 0 bridgehead atoms. The molecule has 0 amide bonds. The second-order valence-electron chi connectivity index (χ2n) is 7.36. The van der Waals surface area contributed by atoms with Gasteiger partial charge in [-0.25, -0.2) is 0 Å². The molecular formula is C25H22BrNO. The molecule has 0 unspecified atom stereocenters. The SMILES string of the molecule is Cc1cc2c(cc1C)CN(c1ccc(C(=O)/C=C/c3ccc(Br)cc3)cc1)C2. The lowest BCUT2D eigenvalue weighted by Crippen LogP contribution is -2.14. The number of hydrogen-bond acceptors (Lipinski definition) is 2. The van der Waals surface area contributed by atoms with E-state index in [4.69, 9.17) is 0 Å². The molecule has 3 aromatic rings. The van der Waals surface area contributed by atoms with E-state index in [1.54, 1.807) is 6.08 Å². The molecule has 0 aromatic heterocycles. The van der Waals surface area contributed by atoms with E-state index in [1.165, 1.54) is 22.3 Å². The number of benzene rings is 3. The zero-order valence-electron chi connectivity index (χ0n) is 16.1. The number of hydrogen-bond donors (Lipinski definition) is 0. The molecule has 0 saturated heterocycles. The summed E-state index contributed by atoms with van der Waals surface area (Å²) >= 11 is 3.42. The third kappa shape index (κ3) is 3.95. The van der Waals surface area contributed by atoms with Crippen LogP contribution in [0.25, 0.3) is 6.08 Å². The maximum atomic E-state index is 12.5. The summed E-state index contributed by atoms with van der Waals surface area (Å²) < 4.78 is 1.03. The van der Waals surface area contributed by atoms with Gasteiger partial charge in [0.2, 0.25) is 0 Å². The first-order valence-corrected chi connectivity index (χ1v) is 10.2. The molecule has 0 spiro atoms. The van der Waals surface area contributed by atoms with Crippen LogP contribution in [0.5, 0.6) is 0 Å². The minimum absolute atomic E-state index is 0.0189. The second-order valence-corrected chi connectivity index (χ2v) is 8.27. The van der Waals surface area contributed by atoms with Gasteiger partial charge in [-0.3, -0.25) is 4.79 Å². The molecule has 0 atom stereocenters. The van der Waals surface area contributed by atoms with E-state index in [0.717, 1.165) is 28.8 Å². The van der Waals surface area contributed by atoms with Gasteiger partial charge in [-0.1, -0.05) is 46.3 Å². The number of rotatable bonds is 4. The van der Waals surface area contributed by atoms with E-state index in [0.29, 0.717) is 5.56 Å². The lowest BCUT2D eigenvalue weighted by molar-refractivity contribution is 0.104. The number of nitrogens with zero attached hydrogens (tertiary/aromatic N) is 1. The van der Waals surface area contributed by atoms with E-state index in [1.807, 2.05) is 54.6 Å². The van der Waals surface area contributed by atoms with Crippen LogP contribution in [0.1, 0.15) is 38.2 Å². The van der Waals surface area contributed by atoms with Crippen molar-refractivity contribution in [3.63, 3.8) is 0 Å². The molecule has 1 aliphatic heterocycles. The van der Waals surface area contributed by atoms with Crippen molar-refractivity contribution in [1.82, 2.24) is 0 Å². The summed E-state index contributed by atoms with van der Waals surface area (Å²) in [5.41, 5.74) is 8.37. The summed E-state index contributed by atoms with van der Waals surface area (Å²) in [5.74, 6) is 0.0189. The summed E-state index contributed by atoms with van der Waals surface area (Å²) in [6.07, 6.45) is 3.49. The maximum Gasteiger partial charge on any atom is 0.185 e. The van der Waals surface area contributed by atoms with Gasteiger partial charge < -0.3 is 4.90 Å². The second kappa shape index (κ2) is 7.76. The van der Waals surface area contributed by atoms with Crippen LogP contribution in [0.2, 0.25) is 0 Å². The summed E-state index contributed by atoms with van der Waals surface area (Å²) in [5, 5.41) is 0. The van der Waals surface area contributed by atoms with Gasteiger partial charge in [-0.15, -0.1) is 0 Å². The Labute approximate surface area is 174 Å². The normalized spacial score (nSPS) is 13.2. The van der Waals surface area contributed by atoms with E-state index in [9.17, 15) is 4.79 Å². The van der Waals surface area contributed by atoms with Crippen LogP contribution in [0.15, 0.2) is 71.2 Å². The van der Waals surface area contributed by atoms with E-state index in [2.05, 4.69) is 46.8 Å². The van der Waals surface area contributed by atoms with Crippen molar-refractivity contribution >= 4 is 33.5 Å². The fraction of sp³-hybridized carbons (Fsp3) is 0.160. The standard InChI is InChI=1S/C25H22BrNO/c1-17-13-21-15-27(16-22(21)14-18(17)2)24-10-6-20(7-11-24)25(28)12-5-19-3-8-23(26)9-4-19/h3-14H,15-16H2,1-2H3/b12-5+. The average Bonchev–Trinajstić information content (AvgIpc) is 3.10. The van der Waals surface area contributed by atoms with Gasteiger partial charge in [0.1, 0.15) is 0 Å². The third-order valence-corrected chi connectivity index (χ3v) is 5.88. The molecule has 0 fully saturated rings. The molecule has 28 heavy (non-hydrogen) atoms. The van der Waals surface area contributed by atoms with Gasteiger partial charge in [0.05, 0.1) is 0 Å². The molecule has 1 heterocycles. The van der Waals surface area contributed by atoms with Crippen molar-refractivity contribution in [3.8, 4) is 0 Å². The summed E-state index contributed by atoms with van der Waals surface area (Å²) in [4.78, 5) is 14.8. The van der Waals surface area contributed by atoms with Gasteiger partial charge in [0, 0.05) is 28.8 Å². The lowest BCUT2D eigenvalue weighted by atomic mass is 10.0. The fourth-order valence-corrected chi connectivity index (χ4v) is 3.82. The monoisotopic (exact) mass is 431 g/mol. The lowest BCUT2D eigenvalue weighted by Gasteiger charge is -2.17. The minimum atomic E-state index is 0.0189. The van der Waals surface area contributed by atoms with Crippen LogP contribution in [-0.4, -0.2) is 5.78 Å². The molecular weight excluding hydrogens is 410 g/mol. The Kier molecular flexibility index (Phi) is 5.19. The maximum absolute atomic E-state index is 12.5. The smallest absolute Gasteiger partial charge is 0.185 e. The highest BCUT2D eigenvalue weighted by atomic mass is 79.9. The van der Waals surface area contributed by atoms with E-state index >= 15 is 0 Å². The number of ketones is 1. The highest BCUT2D eigenvalue weighted by Crippen LogP contribution is 2.30. The first-order valence-electron chi connectivity index (χ1n) is 9.41. The van der Waals surface area contributed by atoms with Gasteiger partial charge in [0.25, 0.3) is 0 Å². The van der Waals surface area contributed by atoms with Crippen molar-refractivity contribution in [2.75, 3.05) is 4.90 Å². The number of carbonyl (C=O) groups excluding carboxylic acids is 1. The molecule has 0 saturated carbocycles. The van der Waals surface area contributed by atoms with Crippen LogP contribution < -0.4 is 4.90 Å². The van der Waals surface area contributed by atoms with Gasteiger partial charge in [0.15, 0.2) is 5.78 Å². The molecule has 1 aliphatic rings. The minimum Gasteiger partial charge on any atom is -0.363 e. The Morgan fingerprint density at radius 3 is 2.04 bits per heavy atom. The molecule has 3 heteroatoms. The molecule has 2 nitrogen and oxygen atoms in total. The number of fused-ring (bicyclic) bond motifs is 1. The number of anilines is 1.